The first-order chi connectivity index (χ1) is 4.66. The van der Waals surface area contributed by atoms with Crippen molar-refractivity contribution in [3.63, 3.8) is 0 Å². The fourth-order valence-electron chi connectivity index (χ4n) is 0.342. The van der Waals surface area contributed by atoms with E-state index in [-0.39, 0.29) is 5.11 Å². The molecule has 0 aromatic carbocycles. The molecule has 0 saturated carbocycles. The second kappa shape index (κ2) is 4.95. The largest absolute Gasteiger partial charge is 0.376 e. The smallest absolute Gasteiger partial charge is 0.321 e. The van der Waals surface area contributed by atoms with Gasteiger partial charge in [-0.3, -0.25) is 5.32 Å². The summed E-state index contributed by atoms with van der Waals surface area (Å²) in [5, 5.41) is 4.56. The first-order valence-corrected chi connectivity index (χ1v) is 3.12. The third kappa shape index (κ3) is 5.26. The van der Waals surface area contributed by atoms with Crippen LogP contribution in [-0.2, 0) is 0 Å². The number of rotatable bonds is 2. The number of urea groups is 1. The molecule has 0 aliphatic carbocycles. The predicted octanol–water partition coefficient (Wildman–Crippen LogP) is -1.51. The number of thiocarbonyl (C=S) groups is 1. The van der Waals surface area contributed by atoms with Crippen LogP contribution in [0.25, 0.3) is 0 Å². The molecule has 6 heteroatoms. The van der Waals surface area contributed by atoms with Gasteiger partial charge >= 0.3 is 6.03 Å². The highest BCUT2D eigenvalue weighted by Gasteiger charge is 1.96. The molecular weight excluding hydrogens is 152 g/mol. The minimum absolute atomic E-state index is 0.0467. The SMILES string of the molecule is NCCNC(=O)NC(N)=S. The van der Waals surface area contributed by atoms with Gasteiger partial charge in [-0.15, -0.1) is 0 Å². The minimum atomic E-state index is -0.419. The van der Waals surface area contributed by atoms with E-state index in [9.17, 15) is 4.79 Å². The number of nitrogens with one attached hydrogen (secondary N) is 2. The third-order valence-corrected chi connectivity index (χ3v) is 0.769. The number of hydrogen-bond acceptors (Lipinski definition) is 3. The molecule has 0 rings (SSSR count). The van der Waals surface area contributed by atoms with Crippen LogP contribution in [0.2, 0.25) is 0 Å². The zero-order valence-corrected chi connectivity index (χ0v) is 6.20. The number of carbonyl (C=O) groups is 1. The summed E-state index contributed by atoms with van der Waals surface area (Å²) in [6.07, 6.45) is 0. The van der Waals surface area contributed by atoms with Gasteiger partial charge in [-0.1, -0.05) is 0 Å². The summed E-state index contributed by atoms with van der Waals surface area (Å²) < 4.78 is 0. The fourth-order valence-corrected chi connectivity index (χ4v) is 0.434. The van der Waals surface area contributed by atoms with E-state index in [0.29, 0.717) is 13.1 Å². The normalized spacial score (nSPS) is 8.50. The highest BCUT2D eigenvalue weighted by atomic mass is 32.1. The molecule has 2 amide bonds. The average Bonchev–Trinajstić information content (AvgIpc) is 1.82. The first kappa shape index (κ1) is 9.12. The number of amides is 2. The van der Waals surface area contributed by atoms with Crippen molar-refractivity contribution in [2.75, 3.05) is 13.1 Å². The molecule has 0 aromatic heterocycles. The maximum Gasteiger partial charge on any atom is 0.321 e. The topological polar surface area (TPSA) is 93.2 Å². The van der Waals surface area contributed by atoms with Crippen molar-refractivity contribution in [2.45, 2.75) is 0 Å². The minimum Gasteiger partial charge on any atom is -0.376 e. The van der Waals surface area contributed by atoms with Crippen molar-refractivity contribution >= 4 is 23.4 Å². The van der Waals surface area contributed by atoms with Crippen LogP contribution in [0.5, 0.6) is 0 Å². The maximum absolute atomic E-state index is 10.6. The Bertz CT molecular complexity index is 137. The Morgan fingerprint density at radius 1 is 1.60 bits per heavy atom. The highest BCUT2D eigenvalue weighted by Crippen LogP contribution is 1.62. The van der Waals surface area contributed by atoms with E-state index in [4.69, 9.17) is 11.5 Å². The van der Waals surface area contributed by atoms with Crippen molar-refractivity contribution in [3.05, 3.63) is 0 Å². The lowest BCUT2D eigenvalue weighted by molar-refractivity contribution is 0.245. The molecule has 0 bridgehead atoms. The van der Waals surface area contributed by atoms with Gasteiger partial charge in [-0.05, 0) is 12.2 Å². The Kier molecular flexibility index (Phi) is 4.51. The van der Waals surface area contributed by atoms with E-state index in [0.717, 1.165) is 0 Å². The molecular formula is C4H10N4OS. The summed E-state index contributed by atoms with van der Waals surface area (Å²) in [4.78, 5) is 10.6. The molecule has 0 atom stereocenters. The van der Waals surface area contributed by atoms with Crippen LogP contribution < -0.4 is 22.1 Å². The molecule has 0 radical (unpaired) electrons. The van der Waals surface area contributed by atoms with Crippen molar-refractivity contribution in [1.29, 1.82) is 0 Å². The predicted molar refractivity (Wildman–Crippen MR) is 42.4 cm³/mol. The highest BCUT2D eigenvalue weighted by molar-refractivity contribution is 7.80. The Morgan fingerprint density at radius 3 is 2.60 bits per heavy atom. The van der Waals surface area contributed by atoms with Gasteiger partial charge in [0, 0.05) is 13.1 Å². The van der Waals surface area contributed by atoms with Crippen molar-refractivity contribution < 1.29 is 4.79 Å². The van der Waals surface area contributed by atoms with Crippen molar-refractivity contribution in [3.8, 4) is 0 Å². The van der Waals surface area contributed by atoms with E-state index in [1.54, 1.807) is 0 Å². The van der Waals surface area contributed by atoms with Crippen LogP contribution in [0.3, 0.4) is 0 Å². The van der Waals surface area contributed by atoms with Crippen LogP contribution in [0.1, 0.15) is 0 Å². The molecule has 0 heterocycles. The van der Waals surface area contributed by atoms with Gasteiger partial charge in [0.1, 0.15) is 0 Å². The quantitative estimate of drug-likeness (QED) is 0.371. The molecule has 58 valence electrons. The standard InChI is InChI=1S/C4H10N4OS/c5-1-2-7-4(9)8-3(6)10/h1-2,5H2,(H4,6,7,8,9,10). The lowest BCUT2D eigenvalue weighted by Crippen LogP contribution is -2.43. The molecule has 0 saturated heterocycles. The lowest BCUT2D eigenvalue weighted by Gasteiger charge is -2.02. The van der Waals surface area contributed by atoms with Gasteiger partial charge in [0.05, 0.1) is 0 Å². The number of hydrogen-bond donors (Lipinski definition) is 4. The number of carbonyl (C=O) groups excluding carboxylic acids is 1. The second-order valence-electron chi connectivity index (χ2n) is 1.53. The molecule has 5 nitrogen and oxygen atoms in total. The van der Waals surface area contributed by atoms with Crippen LogP contribution in [0.15, 0.2) is 0 Å². The van der Waals surface area contributed by atoms with Crippen molar-refractivity contribution in [1.82, 2.24) is 10.6 Å². The Labute approximate surface area is 64.1 Å². The monoisotopic (exact) mass is 162 g/mol. The average molecular weight is 162 g/mol. The van der Waals surface area contributed by atoms with Gasteiger partial charge in [-0.25, -0.2) is 4.79 Å². The van der Waals surface area contributed by atoms with Crippen molar-refractivity contribution in [2.24, 2.45) is 11.5 Å². The molecule has 0 unspecified atom stereocenters. The Balaban J connectivity index is 3.35. The third-order valence-electron chi connectivity index (χ3n) is 0.667. The van der Waals surface area contributed by atoms with Gasteiger partial charge in [-0.2, -0.15) is 0 Å². The van der Waals surface area contributed by atoms with E-state index >= 15 is 0 Å². The lowest BCUT2D eigenvalue weighted by atomic mass is 10.6. The van der Waals surface area contributed by atoms with E-state index < -0.39 is 6.03 Å². The van der Waals surface area contributed by atoms with E-state index in [1.165, 1.54) is 0 Å². The van der Waals surface area contributed by atoms with Gasteiger partial charge in [0.25, 0.3) is 0 Å². The zero-order valence-electron chi connectivity index (χ0n) is 5.39. The van der Waals surface area contributed by atoms with E-state index in [1.807, 2.05) is 0 Å². The number of nitrogens with two attached hydrogens (primary N) is 2. The van der Waals surface area contributed by atoms with E-state index in [2.05, 4.69) is 22.9 Å². The van der Waals surface area contributed by atoms with Gasteiger partial charge in [0.2, 0.25) is 0 Å². The zero-order chi connectivity index (χ0) is 7.98. The summed E-state index contributed by atoms with van der Waals surface area (Å²) in [7, 11) is 0. The van der Waals surface area contributed by atoms with Crippen LogP contribution >= 0.6 is 12.2 Å². The second-order valence-corrected chi connectivity index (χ2v) is 1.97. The summed E-state index contributed by atoms with van der Waals surface area (Å²) in [6, 6.07) is -0.419. The molecule has 0 aliphatic heterocycles. The molecule has 0 aromatic rings. The molecule has 10 heavy (non-hydrogen) atoms. The van der Waals surface area contributed by atoms with Gasteiger partial charge in [0.15, 0.2) is 5.11 Å². The molecule has 6 N–H and O–H groups in total. The molecule has 0 fully saturated rings. The molecule has 0 aliphatic rings. The Morgan fingerprint density at radius 2 is 2.20 bits per heavy atom. The summed E-state index contributed by atoms with van der Waals surface area (Å²) in [6.45, 7) is 0.805. The maximum atomic E-state index is 10.6. The summed E-state index contributed by atoms with van der Waals surface area (Å²) >= 11 is 4.40. The van der Waals surface area contributed by atoms with Gasteiger partial charge < -0.3 is 16.8 Å². The van der Waals surface area contributed by atoms with Crippen LogP contribution in [0, 0.1) is 0 Å². The fraction of sp³-hybridized carbons (Fsp3) is 0.500. The van der Waals surface area contributed by atoms with Crippen LogP contribution in [0.4, 0.5) is 4.79 Å². The summed E-state index contributed by atoms with van der Waals surface area (Å²) in [5.41, 5.74) is 10.1. The first-order valence-electron chi connectivity index (χ1n) is 2.71. The Hall–Kier alpha value is -0.880. The van der Waals surface area contributed by atoms with Crippen LogP contribution in [-0.4, -0.2) is 24.2 Å². The summed E-state index contributed by atoms with van der Waals surface area (Å²) in [5.74, 6) is 0. The molecule has 0 spiro atoms.